The van der Waals surface area contributed by atoms with Crippen molar-refractivity contribution in [2.75, 3.05) is 9.13 Å². The van der Waals surface area contributed by atoms with Crippen LogP contribution in [0, 0.1) is 0 Å². The van der Waals surface area contributed by atoms with E-state index in [4.69, 9.17) is 9.97 Å². The van der Waals surface area contributed by atoms with Crippen molar-refractivity contribution in [1.82, 2.24) is 9.97 Å². The van der Waals surface area contributed by atoms with Gasteiger partial charge in [0.05, 0.1) is 22.8 Å². The van der Waals surface area contributed by atoms with E-state index >= 15 is 0 Å². The molecule has 0 bridgehead atoms. The van der Waals surface area contributed by atoms with E-state index in [0.717, 1.165) is 56.7 Å². The summed E-state index contributed by atoms with van der Waals surface area (Å²) in [4.78, 5) is 11.3. The highest BCUT2D eigenvalue weighted by Gasteiger charge is 2.64. The van der Waals surface area contributed by atoms with Gasteiger partial charge in [-0.2, -0.15) is 0 Å². The third-order valence-corrected chi connectivity index (χ3v) is 17.2. The summed E-state index contributed by atoms with van der Waals surface area (Å²) in [7, 11) is -3.37. The van der Waals surface area contributed by atoms with Gasteiger partial charge in [0.1, 0.15) is 11.6 Å². The number of hydrogen-bond donors (Lipinski definition) is 0. The Morgan fingerprint density at radius 2 is 0.780 bits per heavy atom. The minimum atomic E-state index is -3.37. The minimum absolute atomic E-state index is 0.329. The Balaban J connectivity index is 1.38. The van der Waals surface area contributed by atoms with Crippen molar-refractivity contribution in [2.45, 2.75) is 25.8 Å². The van der Waals surface area contributed by atoms with Gasteiger partial charge in [-0.05, 0) is 79.6 Å². The molecule has 0 radical (unpaired) electrons. The molecule has 59 heavy (non-hydrogen) atoms. The van der Waals surface area contributed by atoms with Crippen LogP contribution in [-0.2, 0) is 0 Å². The van der Waals surface area contributed by atoms with Gasteiger partial charge in [-0.15, -0.1) is 0 Å². The average Bonchev–Trinajstić information content (AvgIpc) is 3.61. The highest BCUT2D eigenvalue weighted by molar-refractivity contribution is 7.04. The van der Waals surface area contributed by atoms with Crippen molar-refractivity contribution in [1.29, 1.82) is 0 Å². The molecular formula is C54H44N4Si. The molecule has 7 aromatic carbocycles. The summed E-state index contributed by atoms with van der Waals surface area (Å²) >= 11 is 0. The van der Waals surface area contributed by atoms with Crippen molar-refractivity contribution in [2.24, 2.45) is 0 Å². The van der Waals surface area contributed by atoms with Crippen molar-refractivity contribution >= 4 is 47.4 Å². The lowest BCUT2D eigenvalue weighted by Gasteiger charge is -2.51. The molecular weight excluding hydrogens is 733 g/mol. The van der Waals surface area contributed by atoms with E-state index in [9.17, 15) is 0 Å². The Morgan fingerprint density at radius 1 is 0.390 bits per heavy atom. The van der Waals surface area contributed by atoms with Crippen LogP contribution < -0.4 is 14.3 Å². The molecule has 0 fully saturated rings. The molecule has 0 N–H and O–H groups in total. The zero-order valence-electron chi connectivity index (χ0n) is 33.5. The van der Waals surface area contributed by atoms with Crippen LogP contribution in [0.2, 0.25) is 5.04 Å². The second kappa shape index (κ2) is 14.7. The molecule has 0 saturated heterocycles. The monoisotopic (exact) mass is 776 g/mol. The highest BCUT2D eigenvalue weighted by Crippen LogP contribution is 2.59. The maximum atomic E-state index is 5.63. The first-order valence-corrected chi connectivity index (χ1v) is 22.2. The summed E-state index contributed by atoms with van der Waals surface area (Å²) in [6.07, 6.45) is 0. The molecule has 0 amide bonds. The maximum absolute atomic E-state index is 5.63. The number of pyridine rings is 2. The molecule has 0 atom stereocenters. The molecule has 2 aromatic heterocycles. The molecule has 9 aromatic rings. The molecule has 4 nitrogen and oxygen atoms in total. The van der Waals surface area contributed by atoms with E-state index in [1.807, 2.05) is 0 Å². The van der Waals surface area contributed by atoms with Crippen molar-refractivity contribution < 1.29 is 0 Å². The summed E-state index contributed by atoms with van der Waals surface area (Å²) in [6, 6.07) is 76.3. The molecule has 1 aliphatic rings. The Morgan fingerprint density at radius 3 is 1.24 bits per heavy atom. The smallest absolute Gasteiger partial charge is 0.315 e. The van der Waals surface area contributed by atoms with Crippen LogP contribution in [-0.4, -0.2) is 18.4 Å². The van der Waals surface area contributed by atoms with Crippen LogP contribution >= 0.6 is 0 Å². The SMILES string of the molecule is CC(C)(C)[Si]1(c2cccc3ccccc23)N(c2cccc(-c3ccccc3)n2)c2cc(-c3ccccc3)c(-c3ccccc3)cc2N1c1cccc(-c2ccccc2)n1. The van der Waals surface area contributed by atoms with Gasteiger partial charge in [0.25, 0.3) is 0 Å². The van der Waals surface area contributed by atoms with Crippen molar-refractivity contribution in [3.05, 3.63) is 212 Å². The summed E-state index contributed by atoms with van der Waals surface area (Å²) in [5.41, 5.74) is 10.9. The molecule has 5 heteroatoms. The molecule has 1 aliphatic heterocycles. The van der Waals surface area contributed by atoms with Crippen molar-refractivity contribution in [3.63, 3.8) is 0 Å². The molecule has 0 saturated carbocycles. The van der Waals surface area contributed by atoms with Gasteiger partial charge in [0, 0.05) is 11.1 Å². The van der Waals surface area contributed by atoms with E-state index in [-0.39, 0.29) is 5.04 Å². The predicted octanol–water partition coefficient (Wildman–Crippen LogP) is 13.7. The Hall–Kier alpha value is -7.08. The minimum Gasteiger partial charge on any atom is -0.329 e. The van der Waals surface area contributed by atoms with Gasteiger partial charge in [-0.3, -0.25) is 0 Å². The topological polar surface area (TPSA) is 32.3 Å². The van der Waals surface area contributed by atoms with Gasteiger partial charge in [-0.25, -0.2) is 9.97 Å². The van der Waals surface area contributed by atoms with Crippen LogP contribution in [0.15, 0.2) is 212 Å². The largest absolute Gasteiger partial charge is 0.329 e. The lowest BCUT2D eigenvalue weighted by Crippen LogP contribution is -2.73. The third-order valence-electron chi connectivity index (χ3n) is 11.7. The van der Waals surface area contributed by atoms with Crippen LogP contribution in [0.3, 0.4) is 0 Å². The van der Waals surface area contributed by atoms with Gasteiger partial charge < -0.3 is 9.13 Å². The summed E-state index contributed by atoms with van der Waals surface area (Å²) in [6.45, 7) is 7.27. The fraction of sp³-hybridized carbons (Fsp3) is 0.0741. The maximum Gasteiger partial charge on any atom is 0.315 e. The molecule has 0 unspecified atom stereocenters. The summed E-state index contributed by atoms with van der Waals surface area (Å²) < 4.78 is 5.32. The van der Waals surface area contributed by atoms with E-state index in [2.05, 4.69) is 242 Å². The molecule has 3 heterocycles. The van der Waals surface area contributed by atoms with Gasteiger partial charge >= 0.3 is 8.40 Å². The van der Waals surface area contributed by atoms with Crippen LogP contribution in [0.25, 0.3) is 55.5 Å². The molecule has 0 aliphatic carbocycles. The van der Waals surface area contributed by atoms with E-state index in [1.54, 1.807) is 0 Å². The number of aromatic nitrogens is 2. The number of benzene rings is 7. The lowest BCUT2D eigenvalue weighted by molar-refractivity contribution is 0.715. The zero-order chi connectivity index (χ0) is 40.0. The van der Waals surface area contributed by atoms with Crippen LogP contribution in [0.5, 0.6) is 0 Å². The Bertz CT molecular complexity index is 2770. The second-order valence-electron chi connectivity index (χ2n) is 16.2. The fourth-order valence-electron chi connectivity index (χ4n) is 9.16. The zero-order valence-corrected chi connectivity index (χ0v) is 34.5. The number of anilines is 4. The third kappa shape index (κ3) is 6.14. The Kier molecular flexibility index (Phi) is 9.03. The summed E-state index contributed by atoms with van der Waals surface area (Å²) in [5, 5.41) is 3.43. The standard InChI is InChI=1S/C54H44N4Si/c1-54(2,3)59(51-34-18-30-39-25-16-17-31-44(39)51)57(52-35-19-32-47(55-52)42-26-12-6-13-27-42)49-37-45(40-21-8-4-9-22-40)46(41-23-10-5-11-24-41)38-50(49)58(59)53-36-20-33-48(56-53)43-28-14-7-15-29-43/h4-38H,1-3H3. The quantitative estimate of drug-likeness (QED) is 0.151. The number of rotatable bonds is 7. The first-order valence-electron chi connectivity index (χ1n) is 20.3. The Labute approximate surface area is 347 Å². The normalized spacial score (nSPS) is 13.4. The number of nitrogens with zero attached hydrogens (tertiary/aromatic N) is 4. The lowest BCUT2D eigenvalue weighted by atomic mass is 9.93. The van der Waals surface area contributed by atoms with Gasteiger partial charge in [-0.1, -0.05) is 197 Å². The second-order valence-corrected chi connectivity index (χ2v) is 20.5. The number of hydrogen-bond acceptors (Lipinski definition) is 4. The van der Waals surface area contributed by atoms with Crippen molar-refractivity contribution in [3.8, 4) is 44.8 Å². The van der Waals surface area contributed by atoms with E-state index in [1.165, 1.54) is 27.1 Å². The molecule has 0 spiro atoms. The number of fused-ring (bicyclic) bond motifs is 2. The predicted molar refractivity (Wildman–Crippen MR) is 250 cm³/mol. The highest BCUT2D eigenvalue weighted by atomic mass is 28.4. The van der Waals surface area contributed by atoms with E-state index in [0.29, 0.717) is 0 Å². The average molecular weight is 777 g/mol. The van der Waals surface area contributed by atoms with Crippen LogP contribution in [0.1, 0.15) is 20.8 Å². The molecule has 10 rings (SSSR count). The van der Waals surface area contributed by atoms with Gasteiger partial charge in [0.15, 0.2) is 0 Å². The first kappa shape index (κ1) is 36.3. The molecule has 284 valence electrons. The van der Waals surface area contributed by atoms with E-state index < -0.39 is 8.40 Å². The van der Waals surface area contributed by atoms with Gasteiger partial charge in [0.2, 0.25) is 0 Å². The summed E-state index contributed by atoms with van der Waals surface area (Å²) in [5.74, 6) is 1.82. The fourth-order valence-corrected chi connectivity index (χ4v) is 14.9. The first-order chi connectivity index (χ1) is 28.9. The van der Waals surface area contributed by atoms with Crippen LogP contribution in [0.4, 0.5) is 23.0 Å².